The quantitative estimate of drug-likeness (QED) is 0.504. The molecule has 1 aliphatic rings. The summed E-state index contributed by atoms with van der Waals surface area (Å²) in [5.74, 6) is 0.185. The fourth-order valence-electron chi connectivity index (χ4n) is 2.63. The zero-order chi connectivity index (χ0) is 18.4. The average Bonchev–Trinajstić information content (AvgIpc) is 2.68. The lowest BCUT2D eigenvalue weighted by atomic mass is 10.3. The van der Waals surface area contributed by atoms with Crippen molar-refractivity contribution in [3.63, 3.8) is 0 Å². The predicted molar refractivity (Wildman–Crippen MR) is 99.7 cm³/mol. The minimum absolute atomic E-state index is 0.0260. The highest BCUT2D eigenvalue weighted by Crippen LogP contribution is 2.15. The molecule has 1 aromatic heterocycles. The Bertz CT molecular complexity index is 764. The fourth-order valence-corrected chi connectivity index (χ4v) is 3.45. The van der Waals surface area contributed by atoms with Crippen LogP contribution < -0.4 is 10.0 Å². The summed E-state index contributed by atoms with van der Waals surface area (Å²) in [6.07, 6.45) is 1.41. The van der Waals surface area contributed by atoms with E-state index in [0.717, 1.165) is 10.4 Å². The minimum atomic E-state index is -0.158. The van der Waals surface area contributed by atoms with Gasteiger partial charge < -0.3 is 20.3 Å². The molecule has 0 aliphatic carbocycles. The first-order chi connectivity index (χ1) is 12.6. The van der Waals surface area contributed by atoms with Gasteiger partial charge in [0.2, 0.25) is 5.91 Å². The van der Waals surface area contributed by atoms with Gasteiger partial charge in [0.15, 0.2) is 6.20 Å². The number of anilines is 1. The molecule has 0 radical (unpaired) electrons. The summed E-state index contributed by atoms with van der Waals surface area (Å²) in [7, 11) is 0. The van der Waals surface area contributed by atoms with E-state index in [1.807, 2.05) is 30.3 Å². The molecular formula is C18H20N4O3S. The third kappa shape index (κ3) is 4.66. The lowest BCUT2D eigenvalue weighted by Crippen LogP contribution is -2.52. The molecule has 0 spiro atoms. The minimum Gasteiger partial charge on any atom is -0.618 e. The number of hydrogen-bond donors (Lipinski definition) is 1. The highest BCUT2D eigenvalue weighted by Gasteiger charge is 2.24. The van der Waals surface area contributed by atoms with E-state index in [0.29, 0.717) is 31.2 Å². The molecule has 2 heterocycles. The summed E-state index contributed by atoms with van der Waals surface area (Å²) in [6, 6.07) is 14.2. The maximum absolute atomic E-state index is 12.3. The second-order valence-corrected chi connectivity index (χ2v) is 6.81. The number of pyridine rings is 1. The Hall–Kier alpha value is -2.74. The van der Waals surface area contributed by atoms with Crippen molar-refractivity contribution in [1.29, 1.82) is 0 Å². The number of nitrogens with zero attached hydrogens (tertiary/aromatic N) is 3. The number of urea groups is 1. The summed E-state index contributed by atoms with van der Waals surface area (Å²) in [5.41, 5.74) is 0.751. The third-order valence-corrected chi connectivity index (χ3v) is 5.08. The van der Waals surface area contributed by atoms with Crippen LogP contribution in [0.4, 0.5) is 10.5 Å². The molecule has 26 heavy (non-hydrogen) atoms. The van der Waals surface area contributed by atoms with Crippen LogP contribution in [-0.2, 0) is 4.79 Å². The smallest absolute Gasteiger partial charge is 0.321 e. The largest absolute Gasteiger partial charge is 0.618 e. The van der Waals surface area contributed by atoms with E-state index in [4.69, 9.17) is 0 Å². The van der Waals surface area contributed by atoms with Crippen molar-refractivity contribution in [2.75, 3.05) is 37.2 Å². The molecule has 2 aromatic rings. The van der Waals surface area contributed by atoms with Crippen molar-refractivity contribution in [1.82, 2.24) is 9.80 Å². The van der Waals surface area contributed by atoms with Crippen LogP contribution in [0.3, 0.4) is 0 Å². The van der Waals surface area contributed by atoms with Crippen LogP contribution in [-0.4, -0.2) is 53.7 Å². The van der Waals surface area contributed by atoms with Gasteiger partial charge in [-0.1, -0.05) is 18.2 Å². The Labute approximate surface area is 156 Å². The molecule has 7 nitrogen and oxygen atoms in total. The molecule has 1 aromatic carbocycles. The first kappa shape index (κ1) is 18.1. The topological polar surface area (TPSA) is 79.6 Å². The predicted octanol–water partition coefficient (Wildman–Crippen LogP) is 1.79. The molecular weight excluding hydrogens is 352 g/mol. The highest BCUT2D eigenvalue weighted by atomic mass is 32.2. The van der Waals surface area contributed by atoms with Gasteiger partial charge in [-0.25, -0.2) is 4.79 Å². The summed E-state index contributed by atoms with van der Waals surface area (Å²) < 4.78 is 0.754. The SMILES string of the molecule is O=C(CSc1cccc[n+]1[O-])N1CCN(C(=O)Nc2ccccc2)CC1. The van der Waals surface area contributed by atoms with E-state index in [2.05, 4.69) is 5.32 Å². The number of carbonyl (C=O) groups is 2. The van der Waals surface area contributed by atoms with Gasteiger partial charge in [-0.05, 0) is 30.0 Å². The molecule has 8 heteroatoms. The van der Waals surface area contributed by atoms with E-state index >= 15 is 0 Å². The summed E-state index contributed by atoms with van der Waals surface area (Å²) in [4.78, 5) is 28.0. The Morgan fingerprint density at radius 3 is 2.35 bits per heavy atom. The first-order valence-corrected chi connectivity index (χ1v) is 9.32. The number of carbonyl (C=O) groups excluding carboxylic acids is 2. The standard InChI is InChI=1S/C18H20N4O3S/c23-16(14-26-17-8-4-5-9-22(17)25)20-10-12-21(13-11-20)18(24)19-15-6-2-1-3-7-15/h1-9H,10-14H2,(H,19,24). The van der Waals surface area contributed by atoms with E-state index in [9.17, 15) is 14.8 Å². The zero-order valence-electron chi connectivity index (χ0n) is 14.2. The van der Waals surface area contributed by atoms with Gasteiger partial charge in [-0.15, -0.1) is 0 Å². The maximum atomic E-state index is 12.3. The molecule has 1 saturated heterocycles. The molecule has 1 N–H and O–H groups in total. The van der Waals surface area contributed by atoms with Crippen LogP contribution in [0.5, 0.6) is 0 Å². The van der Waals surface area contributed by atoms with E-state index < -0.39 is 0 Å². The van der Waals surface area contributed by atoms with Gasteiger partial charge >= 0.3 is 6.03 Å². The number of para-hydroxylation sites is 1. The molecule has 3 rings (SSSR count). The molecule has 0 saturated carbocycles. The van der Waals surface area contributed by atoms with Crippen LogP contribution in [0.2, 0.25) is 0 Å². The summed E-state index contributed by atoms with van der Waals surface area (Å²) in [5, 5.41) is 14.9. The third-order valence-electron chi connectivity index (χ3n) is 4.08. The van der Waals surface area contributed by atoms with Gasteiger partial charge in [-0.3, -0.25) is 4.79 Å². The molecule has 3 amide bonds. The van der Waals surface area contributed by atoms with Crippen molar-refractivity contribution < 1.29 is 14.3 Å². The molecule has 0 atom stereocenters. The van der Waals surface area contributed by atoms with Gasteiger partial charge in [0.05, 0.1) is 5.75 Å². The van der Waals surface area contributed by atoms with E-state index in [1.165, 1.54) is 18.0 Å². The lowest BCUT2D eigenvalue weighted by molar-refractivity contribution is -0.645. The van der Waals surface area contributed by atoms with Crippen molar-refractivity contribution >= 4 is 29.4 Å². The van der Waals surface area contributed by atoms with Crippen LogP contribution in [0, 0.1) is 5.21 Å². The second-order valence-electron chi connectivity index (χ2n) is 5.82. The Balaban J connectivity index is 1.45. The fraction of sp³-hybridized carbons (Fsp3) is 0.278. The normalized spacial score (nSPS) is 14.2. The Morgan fingerprint density at radius 2 is 1.65 bits per heavy atom. The zero-order valence-corrected chi connectivity index (χ0v) is 15.0. The van der Waals surface area contributed by atoms with Crippen molar-refractivity contribution in [3.05, 3.63) is 59.9 Å². The number of thioether (sulfide) groups is 1. The monoisotopic (exact) mass is 372 g/mol. The number of benzene rings is 1. The number of rotatable bonds is 4. The van der Waals surface area contributed by atoms with Gasteiger partial charge in [0, 0.05) is 44.0 Å². The van der Waals surface area contributed by atoms with Crippen LogP contribution in [0.25, 0.3) is 0 Å². The number of amides is 3. The van der Waals surface area contributed by atoms with E-state index in [-0.39, 0.29) is 17.7 Å². The lowest BCUT2D eigenvalue weighted by Gasteiger charge is -2.34. The summed E-state index contributed by atoms with van der Waals surface area (Å²) in [6.45, 7) is 1.96. The van der Waals surface area contributed by atoms with Gasteiger partial charge in [-0.2, -0.15) is 4.73 Å². The Morgan fingerprint density at radius 1 is 1.00 bits per heavy atom. The average molecular weight is 372 g/mol. The molecule has 0 bridgehead atoms. The highest BCUT2D eigenvalue weighted by molar-refractivity contribution is 7.99. The first-order valence-electron chi connectivity index (χ1n) is 8.33. The van der Waals surface area contributed by atoms with Gasteiger partial charge in [0.25, 0.3) is 5.03 Å². The Kier molecular flexibility index (Phi) is 5.96. The maximum Gasteiger partial charge on any atom is 0.321 e. The molecule has 0 unspecified atom stereocenters. The molecule has 136 valence electrons. The van der Waals surface area contributed by atoms with Gasteiger partial charge in [0.1, 0.15) is 0 Å². The van der Waals surface area contributed by atoms with Crippen molar-refractivity contribution in [2.45, 2.75) is 5.03 Å². The van der Waals surface area contributed by atoms with E-state index in [1.54, 1.807) is 28.0 Å². The molecule has 1 aliphatic heterocycles. The van der Waals surface area contributed by atoms with Crippen LogP contribution >= 0.6 is 11.8 Å². The van der Waals surface area contributed by atoms with Crippen LogP contribution in [0.15, 0.2) is 59.8 Å². The summed E-state index contributed by atoms with van der Waals surface area (Å²) >= 11 is 1.22. The number of piperazine rings is 1. The molecule has 1 fully saturated rings. The van der Waals surface area contributed by atoms with Crippen LogP contribution in [0.1, 0.15) is 0 Å². The second kappa shape index (κ2) is 8.57. The van der Waals surface area contributed by atoms with Crippen molar-refractivity contribution in [2.24, 2.45) is 0 Å². The van der Waals surface area contributed by atoms with Crippen molar-refractivity contribution in [3.8, 4) is 0 Å². The number of aromatic nitrogens is 1. The number of nitrogens with one attached hydrogen (secondary N) is 1. The number of hydrogen-bond acceptors (Lipinski definition) is 4.